The number of halogens is 1. The van der Waals surface area contributed by atoms with Crippen LogP contribution in [0.4, 0.5) is 5.13 Å². The highest BCUT2D eigenvalue weighted by Gasteiger charge is 1.96. The molecule has 0 aliphatic heterocycles. The van der Waals surface area contributed by atoms with E-state index < -0.39 is 0 Å². The van der Waals surface area contributed by atoms with E-state index in [4.69, 9.17) is 0 Å². The SMILES string of the molecule is Ic1cccc(CCNc2nccs2)c1. The Morgan fingerprint density at radius 1 is 1.40 bits per heavy atom. The molecular weight excluding hydrogens is 319 g/mol. The molecule has 0 saturated carbocycles. The molecule has 1 heterocycles. The number of nitrogens with zero attached hydrogens (tertiary/aromatic N) is 1. The van der Waals surface area contributed by atoms with Gasteiger partial charge >= 0.3 is 0 Å². The first kappa shape index (κ1) is 10.9. The maximum absolute atomic E-state index is 4.17. The van der Waals surface area contributed by atoms with Crippen LogP contribution in [0.1, 0.15) is 5.56 Å². The van der Waals surface area contributed by atoms with Crippen molar-refractivity contribution in [2.24, 2.45) is 0 Å². The van der Waals surface area contributed by atoms with Crippen molar-refractivity contribution in [3.63, 3.8) is 0 Å². The molecule has 0 amide bonds. The highest BCUT2D eigenvalue weighted by atomic mass is 127. The van der Waals surface area contributed by atoms with E-state index in [1.165, 1.54) is 9.13 Å². The minimum atomic E-state index is 0.938. The quantitative estimate of drug-likeness (QED) is 0.869. The number of thiazole rings is 1. The monoisotopic (exact) mass is 330 g/mol. The summed E-state index contributed by atoms with van der Waals surface area (Å²) >= 11 is 3.97. The van der Waals surface area contributed by atoms with Gasteiger partial charge in [0.1, 0.15) is 0 Å². The molecular formula is C11H11IN2S. The third-order valence-electron chi connectivity index (χ3n) is 2.01. The van der Waals surface area contributed by atoms with E-state index in [2.05, 4.69) is 57.2 Å². The predicted octanol–water partition coefficient (Wildman–Crippen LogP) is 3.40. The summed E-state index contributed by atoms with van der Waals surface area (Å²) in [5.41, 5.74) is 1.37. The Morgan fingerprint density at radius 2 is 2.33 bits per heavy atom. The van der Waals surface area contributed by atoms with Crippen molar-refractivity contribution in [1.82, 2.24) is 4.98 Å². The zero-order valence-corrected chi connectivity index (χ0v) is 11.1. The number of benzene rings is 1. The number of rotatable bonds is 4. The van der Waals surface area contributed by atoms with E-state index in [0.29, 0.717) is 0 Å². The lowest BCUT2D eigenvalue weighted by molar-refractivity contribution is 1.01. The predicted molar refractivity (Wildman–Crippen MR) is 73.5 cm³/mol. The fourth-order valence-corrected chi connectivity index (χ4v) is 2.48. The van der Waals surface area contributed by atoms with Gasteiger partial charge in [-0.15, -0.1) is 11.3 Å². The van der Waals surface area contributed by atoms with E-state index in [0.717, 1.165) is 18.1 Å². The second kappa shape index (κ2) is 5.46. The lowest BCUT2D eigenvalue weighted by Crippen LogP contribution is -2.04. The minimum absolute atomic E-state index is 0.938. The summed E-state index contributed by atoms with van der Waals surface area (Å²) in [5.74, 6) is 0. The standard InChI is InChI=1S/C11H11IN2S/c12-10-3-1-2-9(8-10)4-5-13-11-14-6-7-15-11/h1-3,6-8H,4-5H2,(H,13,14). The molecule has 0 bridgehead atoms. The Morgan fingerprint density at radius 3 is 3.07 bits per heavy atom. The summed E-state index contributed by atoms with van der Waals surface area (Å²) in [6.45, 7) is 0.938. The van der Waals surface area contributed by atoms with Crippen LogP contribution < -0.4 is 5.32 Å². The third-order valence-corrected chi connectivity index (χ3v) is 3.41. The van der Waals surface area contributed by atoms with Crippen LogP contribution in [0.15, 0.2) is 35.8 Å². The van der Waals surface area contributed by atoms with Gasteiger partial charge in [0.15, 0.2) is 5.13 Å². The molecule has 2 rings (SSSR count). The highest BCUT2D eigenvalue weighted by molar-refractivity contribution is 14.1. The zero-order valence-electron chi connectivity index (χ0n) is 8.11. The van der Waals surface area contributed by atoms with Crippen molar-refractivity contribution < 1.29 is 0 Å². The van der Waals surface area contributed by atoms with Crippen LogP contribution in [0.3, 0.4) is 0 Å². The van der Waals surface area contributed by atoms with Crippen LogP contribution in [0.5, 0.6) is 0 Å². The van der Waals surface area contributed by atoms with Crippen LogP contribution in [-0.4, -0.2) is 11.5 Å². The lowest BCUT2D eigenvalue weighted by atomic mass is 10.1. The van der Waals surface area contributed by atoms with Gasteiger partial charge in [-0.2, -0.15) is 0 Å². The molecule has 0 fully saturated rings. The average Bonchev–Trinajstić information content (AvgIpc) is 2.71. The molecule has 0 radical (unpaired) electrons. The maximum atomic E-state index is 4.17. The normalized spacial score (nSPS) is 10.2. The van der Waals surface area contributed by atoms with E-state index in [-0.39, 0.29) is 0 Å². The van der Waals surface area contributed by atoms with Crippen LogP contribution in [0.25, 0.3) is 0 Å². The van der Waals surface area contributed by atoms with E-state index in [9.17, 15) is 0 Å². The van der Waals surface area contributed by atoms with Gasteiger partial charge in [-0.25, -0.2) is 4.98 Å². The molecule has 0 spiro atoms. The summed E-state index contributed by atoms with van der Waals surface area (Å²) in [6.07, 6.45) is 2.86. The number of hydrogen-bond donors (Lipinski definition) is 1. The van der Waals surface area contributed by atoms with Crippen molar-refractivity contribution in [2.45, 2.75) is 6.42 Å². The van der Waals surface area contributed by atoms with Crippen LogP contribution in [-0.2, 0) is 6.42 Å². The number of hydrogen-bond acceptors (Lipinski definition) is 3. The van der Waals surface area contributed by atoms with Crippen molar-refractivity contribution in [1.29, 1.82) is 0 Å². The molecule has 2 aromatic rings. The van der Waals surface area contributed by atoms with E-state index >= 15 is 0 Å². The highest BCUT2D eigenvalue weighted by Crippen LogP contribution is 2.11. The van der Waals surface area contributed by atoms with Gasteiger partial charge in [0, 0.05) is 21.7 Å². The Bertz CT molecular complexity index is 414. The molecule has 0 unspecified atom stereocenters. The third kappa shape index (κ3) is 3.46. The van der Waals surface area contributed by atoms with Gasteiger partial charge in [0.2, 0.25) is 0 Å². The van der Waals surface area contributed by atoms with Gasteiger partial charge in [-0.1, -0.05) is 12.1 Å². The molecule has 1 aromatic heterocycles. The Balaban J connectivity index is 1.83. The van der Waals surface area contributed by atoms with Crippen molar-refractivity contribution in [3.8, 4) is 0 Å². The number of nitrogens with one attached hydrogen (secondary N) is 1. The Labute approximate surface area is 107 Å². The van der Waals surface area contributed by atoms with Crippen molar-refractivity contribution >= 4 is 39.1 Å². The second-order valence-corrected chi connectivity index (χ2v) is 5.28. The smallest absolute Gasteiger partial charge is 0.182 e. The molecule has 1 N–H and O–H groups in total. The fourth-order valence-electron chi connectivity index (χ4n) is 1.32. The average molecular weight is 330 g/mol. The maximum Gasteiger partial charge on any atom is 0.182 e. The summed E-state index contributed by atoms with van der Waals surface area (Å²) in [7, 11) is 0. The van der Waals surface area contributed by atoms with Crippen LogP contribution in [0.2, 0.25) is 0 Å². The number of aromatic nitrogens is 1. The molecule has 0 saturated heterocycles. The summed E-state index contributed by atoms with van der Waals surface area (Å²) in [6, 6.07) is 8.58. The molecule has 0 atom stereocenters. The molecule has 4 heteroatoms. The molecule has 15 heavy (non-hydrogen) atoms. The second-order valence-electron chi connectivity index (χ2n) is 3.14. The summed E-state index contributed by atoms with van der Waals surface area (Å²) in [5, 5.41) is 6.28. The fraction of sp³-hybridized carbons (Fsp3) is 0.182. The first-order valence-corrected chi connectivity index (χ1v) is 6.68. The Kier molecular flexibility index (Phi) is 3.96. The van der Waals surface area contributed by atoms with Crippen LogP contribution >= 0.6 is 33.9 Å². The molecule has 1 aromatic carbocycles. The first-order valence-electron chi connectivity index (χ1n) is 4.72. The summed E-state index contributed by atoms with van der Waals surface area (Å²) in [4.78, 5) is 4.17. The van der Waals surface area contributed by atoms with Crippen molar-refractivity contribution in [3.05, 3.63) is 45.0 Å². The first-order chi connectivity index (χ1) is 7.34. The zero-order chi connectivity index (χ0) is 10.5. The van der Waals surface area contributed by atoms with Crippen LogP contribution in [0, 0.1) is 3.57 Å². The largest absolute Gasteiger partial charge is 0.361 e. The van der Waals surface area contributed by atoms with Gasteiger partial charge in [-0.05, 0) is 46.7 Å². The summed E-state index contributed by atoms with van der Waals surface area (Å²) < 4.78 is 1.29. The van der Waals surface area contributed by atoms with Crippen molar-refractivity contribution in [2.75, 3.05) is 11.9 Å². The number of anilines is 1. The van der Waals surface area contributed by atoms with Gasteiger partial charge in [-0.3, -0.25) is 0 Å². The molecule has 0 aliphatic rings. The lowest BCUT2D eigenvalue weighted by Gasteiger charge is -2.03. The molecule has 78 valence electrons. The van der Waals surface area contributed by atoms with E-state index in [1.807, 2.05) is 11.6 Å². The molecule has 2 nitrogen and oxygen atoms in total. The minimum Gasteiger partial charge on any atom is -0.361 e. The Hall–Kier alpha value is -0.620. The van der Waals surface area contributed by atoms with Gasteiger partial charge in [0.25, 0.3) is 0 Å². The van der Waals surface area contributed by atoms with Gasteiger partial charge < -0.3 is 5.32 Å². The molecule has 0 aliphatic carbocycles. The van der Waals surface area contributed by atoms with Gasteiger partial charge in [0.05, 0.1) is 0 Å². The topological polar surface area (TPSA) is 24.9 Å². The van der Waals surface area contributed by atoms with E-state index in [1.54, 1.807) is 11.3 Å².